The van der Waals surface area contributed by atoms with Crippen LogP contribution in [-0.2, 0) is 4.74 Å². The predicted octanol–water partition coefficient (Wildman–Crippen LogP) is 3.71. The Hall–Kier alpha value is -3.09. The standard InChI is InChI=1S/C18H21FN4O2/c1-18(2,3)25-17(24)23-11-6-4-10(5-7-11)12-8-9-13(16(21)22)15(20)14(12)19/h4-9H,20H2,1-3H3,(H3,21,22)(H,23,24). The third-order valence-electron chi connectivity index (χ3n) is 3.31. The minimum Gasteiger partial charge on any atom is -0.444 e. The van der Waals surface area contributed by atoms with Crippen LogP contribution < -0.4 is 16.8 Å². The first kappa shape index (κ1) is 18.3. The first-order valence-corrected chi connectivity index (χ1v) is 7.61. The number of carbonyl (C=O) groups excluding carboxylic acids is 1. The number of benzene rings is 2. The molecule has 0 atom stereocenters. The second kappa shape index (κ2) is 6.80. The number of carbonyl (C=O) groups is 1. The number of amides is 1. The van der Waals surface area contributed by atoms with Gasteiger partial charge in [0.15, 0.2) is 5.82 Å². The van der Waals surface area contributed by atoms with Crippen molar-refractivity contribution in [3.05, 3.63) is 47.8 Å². The Morgan fingerprint density at radius 2 is 1.76 bits per heavy atom. The second-order valence-electron chi connectivity index (χ2n) is 6.51. The van der Waals surface area contributed by atoms with Crippen LogP contribution in [-0.4, -0.2) is 17.5 Å². The number of hydrogen-bond donors (Lipinski definition) is 4. The monoisotopic (exact) mass is 344 g/mol. The van der Waals surface area contributed by atoms with Gasteiger partial charge in [0.25, 0.3) is 0 Å². The fraction of sp³-hybridized carbons (Fsp3) is 0.222. The highest BCUT2D eigenvalue weighted by Gasteiger charge is 2.17. The van der Waals surface area contributed by atoms with Crippen molar-refractivity contribution in [3.8, 4) is 11.1 Å². The quantitative estimate of drug-likeness (QED) is 0.386. The summed E-state index contributed by atoms with van der Waals surface area (Å²) in [6.07, 6.45) is -0.568. The van der Waals surface area contributed by atoms with E-state index in [4.69, 9.17) is 21.6 Å². The van der Waals surface area contributed by atoms with Crippen LogP contribution in [0, 0.1) is 11.2 Å². The lowest BCUT2D eigenvalue weighted by Crippen LogP contribution is -2.27. The van der Waals surface area contributed by atoms with E-state index in [0.29, 0.717) is 11.3 Å². The highest BCUT2D eigenvalue weighted by atomic mass is 19.1. The number of ether oxygens (including phenoxy) is 1. The van der Waals surface area contributed by atoms with Gasteiger partial charge in [-0.05, 0) is 44.5 Å². The Kier molecular flexibility index (Phi) is 4.97. The molecular formula is C18H21FN4O2. The predicted molar refractivity (Wildman–Crippen MR) is 97.1 cm³/mol. The van der Waals surface area contributed by atoms with E-state index in [0.717, 1.165) is 0 Å². The lowest BCUT2D eigenvalue weighted by Gasteiger charge is -2.19. The van der Waals surface area contributed by atoms with E-state index < -0.39 is 17.5 Å². The van der Waals surface area contributed by atoms with Gasteiger partial charge in [0.1, 0.15) is 11.4 Å². The minimum absolute atomic E-state index is 0.157. The summed E-state index contributed by atoms with van der Waals surface area (Å²) in [6.45, 7) is 5.31. The minimum atomic E-state index is -0.638. The highest BCUT2D eigenvalue weighted by molar-refractivity contribution is 6.00. The Bertz CT molecular complexity index is 811. The van der Waals surface area contributed by atoms with Crippen molar-refractivity contribution in [2.45, 2.75) is 26.4 Å². The number of nitrogens with two attached hydrogens (primary N) is 2. The molecule has 0 aliphatic carbocycles. The zero-order valence-corrected chi connectivity index (χ0v) is 14.3. The Morgan fingerprint density at radius 3 is 2.28 bits per heavy atom. The van der Waals surface area contributed by atoms with Gasteiger partial charge in [0, 0.05) is 16.8 Å². The van der Waals surface area contributed by atoms with Crippen molar-refractivity contribution in [1.29, 1.82) is 5.41 Å². The van der Waals surface area contributed by atoms with Gasteiger partial charge in [-0.2, -0.15) is 0 Å². The smallest absolute Gasteiger partial charge is 0.412 e. The van der Waals surface area contributed by atoms with Gasteiger partial charge in [-0.15, -0.1) is 0 Å². The molecule has 0 saturated heterocycles. The first-order valence-electron chi connectivity index (χ1n) is 7.61. The number of halogens is 1. The van der Waals surface area contributed by atoms with E-state index in [1.807, 2.05) is 0 Å². The maximum atomic E-state index is 14.4. The van der Waals surface area contributed by atoms with Crippen LogP contribution in [0.25, 0.3) is 11.1 Å². The molecule has 6 N–H and O–H groups in total. The highest BCUT2D eigenvalue weighted by Crippen LogP contribution is 2.29. The molecule has 0 radical (unpaired) electrons. The van der Waals surface area contributed by atoms with Crippen LogP contribution in [0.4, 0.5) is 20.6 Å². The normalized spacial score (nSPS) is 11.0. The Balaban J connectivity index is 2.22. The number of rotatable bonds is 3. The van der Waals surface area contributed by atoms with Gasteiger partial charge in [-0.3, -0.25) is 10.7 Å². The van der Waals surface area contributed by atoms with E-state index in [1.165, 1.54) is 12.1 Å². The third kappa shape index (κ3) is 4.47. The molecule has 7 heteroatoms. The molecule has 0 fully saturated rings. The number of nitrogen functional groups attached to an aromatic ring is 2. The van der Waals surface area contributed by atoms with Crippen molar-refractivity contribution >= 4 is 23.3 Å². The van der Waals surface area contributed by atoms with Crippen LogP contribution in [0.5, 0.6) is 0 Å². The molecule has 2 aromatic rings. The average molecular weight is 344 g/mol. The van der Waals surface area contributed by atoms with Crippen molar-refractivity contribution in [1.82, 2.24) is 0 Å². The lowest BCUT2D eigenvalue weighted by molar-refractivity contribution is 0.0636. The molecule has 0 aliphatic rings. The maximum Gasteiger partial charge on any atom is 0.412 e. The van der Waals surface area contributed by atoms with Gasteiger partial charge in [-0.1, -0.05) is 18.2 Å². The maximum absolute atomic E-state index is 14.4. The summed E-state index contributed by atoms with van der Waals surface area (Å²) in [5, 5.41) is 9.99. The van der Waals surface area contributed by atoms with Gasteiger partial charge < -0.3 is 16.2 Å². The van der Waals surface area contributed by atoms with E-state index in [9.17, 15) is 9.18 Å². The largest absolute Gasteiger partial charge is 0.444 e. The molecule has 0 unspecified atom stereocenters. The molecule has 0 aliphatic heterocycles. The number of nitrogens with one attached hydrogen (secondary N) is 2. The molecule has 1 amide bonds. The van der Waals surface area contributed by atoms with Crippen LogP contribution in [0.1, 0.15) is 26.3 Å². The molecule has 2 aromatic carbocycles. The molecule has 132 valence electrons. The first-order chi connectivity index (χ1) is 11.6. The summed E-state index contributed by atoms with van der Waals surface area (Å²) in [6, 6.07) is 9.58. The number of anilines is 2. The zero-order chi connectivity index (χ0) is 18.8. The summed E-state index contributed by atoms with van der Waals surface area (Å²) < 4.78 is 19.6. The summed E-state index contributed by atoms with van der Waals surface area (Å²) in [7, 11) is 0. The molecule has 0 bridgehead atoms. The van der Waals surface area contributed by atoms with Crippen molar-refractivity contribution in [2.75, 3.05) is 11.1 Å². The summed E-state index contributed by atoms with van der Waals surface area (Å²) in [4.78, 5) is 11.7. The van der Waals surface area contributed by atoms with Crippen LogP contribution in [0.2, 0.25) is 0 Å². The molecule has 6 nitrogen and oxygen atoms in total. The average Bonchev–Trinajstić information content (AvgIpc) is 2.48. The van der Waals surface area contributed by atoms with Gasteiger partial charge in [0.05, 0.1) is 5.69 Å². The van der Waals surface area contributed by atoms with Crippen LogP contribution in [0.3, 0.4) is 0 Å². The molecule has 0 spiro atoms. The summed E-state index contributed by atoms with van der Waals surface area (Å²) in [5.74, 6) is -0.930. The van der Waals surface area contributed by atoms with Crippen LogP contribution in [0.15, 0.2) is 36.4 Å². The van der Waals surface area contributed by atoms with Crippen LogP contribution >= 0.6 is 0 Å². The fourth-order valence-electron chi connectivity index (χ4n) is 2.21. The molecule has 0 heterocycles. The fourth-order valence-corrected chi connectivity index (χ4v) is 2.21. The molecule has 0 saturated carbocycles. The zero-order valence-electron chi connectivity index (χ0n) is 14.3. The van der Waals surface area contributed by atoms with Crippen molar-refractivity contribution in [3.63, 3.8) is 0 Å². The van der Waals surface area contributed by atoms with Crippen molar-refractivity contribution < 1.29 is 13.9 Å². The molecule has 0 aromatic heterocycles. The molecule has 2 rings (SSSR count). The summed E-state index contributed by atoms with van der Waals surface area (Å²) in [5.41, 5.74) is 11.9. The van der Waals surface area contributed by atoms with E-state index in [1.54, 1.807) is 45.0 Å². The van der Waals surface area contributed by atoms with Gasteiger partial charge in [0.2, 0.25) is 0 Å². The van der Waals surface area contributed by atoms with Crippen molar-refractivity contribution in [2.24, 2.45) is 5.73 Å². The van der Waals surface area contributed by atoms with Gasteiger partial charge in [-0.25, -0.2) is 9.18 Å². The van der Waals surface area contributed by atoms with Gasteiger partial charge >= 0.3 is 6.09 Å². The Labute approximate surface area is 145 Å². The molecular weight excluding hydrogens is 323 g/mol. The number of hydrogen-bond acceptors (Lipinski definition) is 4. The SMILES string of the molecule is CC(C)(C)OC(=O)Nc1ccc(-c2ccc(C(=N)N)c(N)c2F)cc1. The number of amidine groups is 1. The van der Waals surface area contributed by atoms with E-state index >= 15 is 0 Å². The Morgan fingerprint density at radius 1 is 1.16 bits per heavy atom. The topological polar surface area (TPSA) is 114 Å². The third-order valence-corrected chi connectivity index (χ3v) is 3.31. The second-order valence-corrected chi connectivity index (χ2v) is 6.51. The lowest BCUT2D eigenvalue weighted by atomic mass is 10.0. The van der Waals surface area contributed by atoms with E-state index in [-0.39, 0.29) is 22.6 Å². The molecule has 25 heavy (non-hydrogen) atoms. The van der Waals surface area contributed by atoms with E-state index in [2.05, 4.69) is 5.32 Å². The summed E-state index contributed by atoms with van der Waals surface area (Å²) >= 11 is 0.